The summed E-state index contributed by atoms with van der Waals surface area (Å²) in [5.41, 5.74) is 1.55. The minimum atomic E-state index is -3.59. The van der Waals surface area contributed by atoms with Gasteiger partial charge >= 0.3 is 0 Å². The molecule has 1 saturated carbocycles. The molecule has 0 amide bonds. The average molecular weight is 324 g/mol. The molecule has 1 aromatic carbocycles. The smallest absolute Gasteiger partial charge is 0.238 e. The van der Waals surface area contributed by atoms with Crippen molar-refractivity contribution in [2.75, 3.05) is 6.54 Å². The van der Waals surface area contributed by atoms with Crippen LogP contribution >= 0.6 is 0 Å². The Labute approximate surface area is 134 Å². The summed E-state index contributed by atoms with van der Waals surface area (Å²) in [7, 11) is -3.59. The fourth-order valence-corrected chi connectivity index (χ4v) is 4.28. The molecule has 2 atom stereocenters. The van der Waals surface area contributed by atoms with E-state index in [2.05, 4.69) is 26.1 Å². The van der Waals surface area contributed by atoms with E-state index in [0.717, 1.165) is 24.4 Å². The Balaban J connectivity index is 1.84. The molecule has 1 fully saturated rings. The van der Waals surface area contributed by atoms with E-state index < -0.39 is 10.0 Å². The lowest BCUT2D eigenvalue weighted by Gasteiger charge is -2.39. The number of rotatable bonds is 5. The lowest BCUT2D eigenvalue weighted by molar-refractivity contribution is 0.152. The first kappa shape index (κ1) is 17.4. The van der Waals surface area contributed by atoms with Crippen molar-refractivity contribution in [2.45, 2.75) is 57.4 Å². The van der Waals surface area contributed by atoms with E-state index in [1.807, 2.05) is 12.1 Å². The van der Waals surface area contributed by atoms with Gasteiger partial charge in [0.2, 0.25) is 10.0 Å². The largest absolute Gasteiger partial charge is 0.314 e. The highest BCUT2D eigenvalue weighted by molar-refractivity contribution is 7.89. The lowest BCUT2D eigenvalue weighted by atomic mass is 9.70. The van der Waals surface area contributed by atoms with Gasteiger partial charge in [0.1, 0.15) is 0 Å². The number of hydrogen-bond donors (Lipinski definition) is 2. The molecule has 22 heavy (non-hydrogen) atoms. The molecule has 1 aliphatic rings. The highest BCUT2D eigenvalue weighted by atomic mass is 32.2. The predicted octanol–water partition coefficient (Wildman–Crippen LogP) is 2.68. The minimum absolute atomic E-state index is 0.173. The Morgan fingerprint density at radius 1 is 1.23 bits per heavy atom. The van der Waals surface area contributed by atoms with Gasteiger partial charge in [-0.15, -0.1) is 0 Å². The van der Waals surface area contributed by atoms with Crippen molar-refractivity contribution < 1.29 is 8.42 Å². The van der Waals surface area contributed by atoms with Crippen LogP contribution < -0.4 is 10.5 Å². The zero-order chi connectivity index (χ0) is 16.4. The maximum atomic E-state index is 11.2. The van der Waals surface area contributed by atoms with E-state index >= 15 is 0 Å². The molecule has 0 aliphatic heterocycles. The molecule has 2 unspecified atom stereocenters. The Kier molecular flexibility index (Phi) is 5.30. The number of primary sulfonamides is 1. The molecule has 0 heterocycles. The first-order valence-electron chi connectivity index (χ1n) is 8.01. The number of nitrogens with one attached hydrogen (secondary N) is 1. The summed E-state index contributed by atoms with van der Waals surface area (Å²) in [5, 5.41) is 8.76. The summed E-state index contributed by atoms with van der Waals surface area (Å²) in [6, 6.07) is 7.43. The van der Waals surface area contributed by atoms with E-state index in [1.165, 1.54) is 19.3 Å². The van der Waals surface area contributed by atoms with Crippen LogP contribution in [0.4, 0.5) is 0 Å². The SMILES string of the molecule is CC1CC(NCCc2ccc(S(N)(=O)=O)cc2)CC(C)(C)C1. The van der Waals surface area contributed by atoms with Crippen LogP contribution in [0.15, 0.2) is 29.2 Å². The number of benzene rings is 1. The Morgan fingerprint density at radius 3 is 2.41 bits per heavy atom. The molecule has 1 aromatic rings. The van der Waals surface area contributed by atoms with Crippen LogP contribution in [-0.2, 0) is 16.4 Å². The molecule has 0 radical (unpaired) electrons. The molecular weight excluding hydrogens is 296 g/mol. The second-order valence-corrected chi connectivity index (χ2v) is 9.06. The standard InChI is InChI=1S/C17H28N2O2S/c1-13-10-15(12-17(2,3)11-13)19-9-8-14-4-6-16(7-5-14)22(18,20)21/h4-7,13,15,19H,8-12H2,1-3H3,(H2,18,20,21). The monoisotopic (exact) mass is 324 g/mol. The quantitative estimate of drug-likeness (QED) is 0.874. The molecule has 0 bridgehead atoms. The van der Waals surface area contributed by atoms with Crippen LogP contribution in [0.2, 0.25) is 0 Å². The fraction of sp³-hybridized carbons (Fsp3) is 0.647. The summed E-state index contributed by atoms with van der Waals surface area (Å²) < 4.78 is 22.4. The Bertz CT molecular complexity index is 594. The van der Waals surface area contributed by atoms with E-state index in [4.69, 9.17) is 5.14 Å². The summed E-state index contributed by atoms with van der Waals surface area (Å²) in [6.07, 6.45) is 4.67. The second kappa shape index (κ2) is 6.69. The lowest BCUT2D eigenvalue weighted by Crippen LogP contribution is -2.40. The summed E-state index contributed by atoms with van der Waals surface area (Å²) >= 11 is 0. The third-order valence-electron chi connectivity index (χ3n) is 4.49. The molecule has 2 rings (SSSR count). The number of sulfonamides is 1. The highest BCUT2D eigenvalue weighted by Gasteiger charge is 2.31. The van der Waals surface area contributed by atoms with Gasteiger partial charge in [-0.05, 0) is 61.3 Å². The van der Waals surface area contributed by atoms with Crippen LogP contribution in [0.25, 0.3) is 0 Å². The van der Waals surface area contributed by atoms with E-state index in [-0.39, 0.29) is 4.90 Å². The third-order valence-corrected chi connectivity index (χ3v) is 5.41. The summed E-state index contributed by atoms with van der Waals surface area (Å²) in [6.45, 7) is 7.95. The van der Waals surface area contributed by atoms with Crippen molar-refractivity contribution >= 4 is 10.0 Å². The minimum Gasteiger partial charge on any atom is -0.314 e. The third kappa shape index (κ3) is 5.07. The van der Waals surface area contributed by atoms with Gasteiger partial charge in [0.25, 0.3) is 0 Å². The first-order chi connectivity index (χ1) is 10.2. The van der Waals surface area contributed by atoms with Gasteiger partial charge in [-0.1, -0.05) is 32.9 Å². The van der Waals surface area contributed by atoms with Crippen molar-refractivity contribution in [1.29, 1.82) is 0 Å². The Hall–Kier alpha value is -0.910. The van der Waals surface area contributed by atoms with Gasteiger partial charge in [-0.25, -0.2) is 13.6 Å². The van der Waals surface area contributed by atoms with Crippen molar-refractivity contribution in [3.8, 4) is 0 Å². The molecule has 3 N–H and O–H groups in total. The molecule has 4 nitrogen and oxygen atoms in total. The summed E-state index contributed by atoms with van der Waals surface area (Å²) in [5.74, 6) is 0.773. The average Bonchev–Trinajstić information content (AvgIpc) is 2.36. The second-order valence-electron chi connectivity index (χ2n) is 7.50. The van der Waals surface area contributed by atoms with E-state index in [0.29, 0.717) is 11.5 Å². The highest BCUT2D eigenvalue weighted by Crippen LogP contribution is 2.38. The topological polar surface area (TPSA) is 72.2 Å². The van der Waals surface area contributed by atoms with Crippen LogP contribution in [0.3, 0.4) is 0 Å². The van der Waals surface area contributed by atoms with Gasteiger partial charge in [0, 0.05) is 6.04 Å². The molecule has 5 heteroatoms. The van der Waals surface area contributed by atoms with Gasteiger partial charge in [-0.2, -0.15) is 0 Å². The van der Waals surface area contributed by atoms with Crippen molar-refractivity contribution in [3.05, 3.63) is 29.8 Å². The fourth-order valence-electron chi connectivity index (χ4n) is 3.77. The Morgan fingerprint density at radius 2 is 1.86 bits per heavy atom. The molecule has 0 aromatic heterocycles. The first-order valence-corrected chi connectivity index (χ1v) is 9.55. The maximum Gasteiger partial charge on any atom is 0.238 e. The van der Waals surface area contributed by atoms with Crippen molar-refractivity contribution in [1.82, 2.24) is 5.32 Å². The van der Waals surface area contributed by atoms with E-state index in [1.54, 1.807) is 12.1 Å². The van der Waals surface area contributed by atoms with E-state index in [9.17, 15) is 8.42 Å². The van der Waals surface area contributed by atoms with Gasteiger partial charge in [0.05, 0.1) is 4.90 Å². The predicted molar refractivity (Wildman–Crippen MR) is 90.1 cm³/mol. The molecule has 0 spiro atoms. The van der Waals surface area contributed by atoms with Crippen molar-refractivity contribution in [3.63, 3.8) is 0 Å². The zero-order valence-corrected chi connectivity index (χ0v) is 14.6. The molecule has 1 aliphatic carbocycles. The number of hydrogen-bond acceptors (Lipinski definition) is 3. The normalized spacial score (nSPS) is 25.1. The van der Waals surface area contributed by atoms with Gasteiger partial charge < -0.3 is 5.32 Å². The zero-order valence-electron chi connectivity index (χ0n) is 13.8. The van der Waals surface area contributed by atoms with Gasteiger partial charge in [0.15, 0.2) is 0 Å². The summed E-state index contributed by atoms with van der Waals surface area (Å²) in [4.78, 5) is 0.173. The van der Waals surface area contributed by atoms with Crippen LogP contribution in [0, 0.1) is 11.3 Å². The number of nitrogens with two attached hydrogens (primary N) is 1. The van der Waals surface area contributed by atoms with Crippen LogP contribution in [0.1, 0.15) is 45.6 Å². The van der Waals surface area contributed by atoms with Crippen LogP contribution in [0.5, 0.6) is 0 Å². The molecule has 0 saturated heterocycles. The molecule has 124 valence electrons. The van der Waals surface area contributed by atoms with Gasteiger partial charge in [-0.3, -0.25) is 0 Å². The van der Waals surface area contributed by atoms with Crippen molar-refractivity contribution in [2.24, 2.45) is 16.5 Å². The maximum absolute atomic E-state index is 11.2. The molecular formula is C17H28N2O2S. The van der Waals surface area contributed by atoms with Crippen LogP contribution in [-0.4, -0.2) is 21.0 Å².